The van der Waals surface area contributed by atoms with Crippen LogP contribution in [0.2, 0.25) is 0 Å². The lowest BCUT2D eigenvalue weighted by molar-refractivity contribution is -0.136. The molecule has 0 amide bonds. The Bertz CT molecular complexity index is 655. The number of H-pyrrole nitrogens is 1. The van der Waals surface area contributed by atoms with Crippen LogP contribution in [0.25, 0.3) is 15.7 Å². The van der Waals surface area contributed by atoms with Crippen molar-refractivity contribution in [1.29, 1.82) is 0 Å². The van der Waals surface area contributed by atoms with Gasteiger partial charge in [-0.25, -0.2) is 4.85 Å². The van der Waals surface area contributed by atoms with Crippen LogP contribution in [0.4, 0.5) is 5.69 Å². The number of rotatable bonds is 8. The molecule has 0 fully saturated rings. The Kier molecular flexibility index (Phi) is 5.35. The summed E-state index contributed by atoms with van der Waals surface area (Å²) >= 11 is 0. The van der Waals surface area contributed by atoms with Crippen LogP contribution in [0.1, 0.15) is 24.8 Å². The van der Waals surface area contributed by atoms with Crippen LogP contribution in [-0.2, 0) is 11.2 Å². The number of fused-ring (bicyclic) bond motifs is 1. The summed E-state index contributed by atoms with van der Waals surface area (Å²) in [6.07, 6.45) is 5.18. The fourth-order valence-corrected chi connectivity index (χ4v) is 2.33. The second-order valence-electron chi connectivity index (χ2n) is 5.01. The number of benzene rings is 1. The Morgan fingerprint density at radius 3 is 2.95 bits per heavy atom. The second-order valence-corrected chi connectivity index (χ2v) is 5.01. The molecule has 0 radical (unpaired) electrons. The van der Waals surface area contributed by atoms with E-state index in [9.17, 15) is 4.79 Å². The molecule has 2 rings (SSSR count). The first kappa shape index (κ1) is 15.1. The van der Waals surface area contributed by atoms with E-state index >= 15 is 0 Å². The summed E-state index contributed by atoms with van der Waals surface area (Å²) in [5, 5.41) is 12.8. The molecule has 110 valence electrons. The number of aryl methyl sites for hydroxylation is 1. The summed E-state index contributed by atoms with van der Waals surface area (Å²) < 4.78 is 0. The largest absolute Gasteiger partial charge is 0.481 e. The molecule has 0 saturated heterocycles. The highest BCUT2D eigenvalue weighted by Crippen LogP contribution is 2.25. The van der Waals surface area contributed by atoms with Gasteiger partial charge in [0.15, 0.2) is 5.69 Å². The molecule has 1 heterocycles. The number of carboxylic acids is 1. The van der Waals surface area contributed by atoms with Gasteiger partial charge in [-0.1, -0.05) is 6.07 Å². The molecule has 3 N–H and O–H groups in total. The highest BCUT2D eigenvalue weighted by molar-refractivity contribution is 5.86. The average molecular weight is 285 g/mol. The molecule has 0 bridgehead atoms. The van der Waals surface area contributed by atoms with Crippen molar-refractivity contribution in [3.63, 3.8) is 0 Å². The fraction of sp³-hybridized carbons (Fsp3) is 0.375. The van der Waals surface area contributed by atoms with Gasteiger partial charge in [-0.15, -0.1) is 0 Å². The summed E-state index contributed by atoms with van der Waals surface area (Å²) in [5.41, 5.74) is 2.97. The van der Waals surface area contributed by atoms with E-state index in [0.29, 0.717) is 12.2 Å². The number of nitrogens with zero attached hydrogens (tertiary/aromatic N) is 1. The standard InChI is InChI=1S/C16H19N3O2/c1-17-13-5-6-15-14(10-13)12(11-19-15)4-2-3-8-18-9-7-16(20)21/h5-6,10-11,18-19H,2-4,7-9H2,(H,20,21). The zero-order valence-electron chi connectivity index (χ0n) is 11.9. The molecule has 0 spiro atoms. The zero-order chi connectivity index (χ0) is 15.1. The van der Waals surface area contributed by atoms with Crippen molar-refractivity contribution in [3.8, 4) is 0 Å². The van der Waals surface area contributed by atoms with Gasteiger partial charge in [0.25, 0.3) is 0 Å². The van der Waals surface area contributed by atoms with Crippen molar-refractivity contribution < 1.29 is 9.90 Å². The van der Waals surface area contributed by atoms with Crippen LogP contribution in [0.3, 0.4) is 0 Å². The molecule has 0 aliphatic heterocycles. The smallest absolute Gasteiger partial charge is 0.304 e. The molecule has 5 nitrogen and oxygen atoms in total. The van der Waals surface area contributed by atoms with Crippen molar-refractivity contribution in [2.75, 3.05) is 13.1 Å². The minimum atomic E-state index is -0.767. The van der Waals surface area contributed by atoms with E-state index < -0.39 is 5.97 Å². The molecule has 2 aromatic rings. The second kappa shape index (κ2) is 7.46. The van der Waals surface area contributed by atoms with Gasteiger partial charge >= 0.3 is 5.97 Å². The Balaban J connectivity index is 1.79. The third-order valence-corrected chi connectivity index (χ3v) is 3.45. The summed E-state index contributed by atoms with van der Waals surface area (Å²) in [7, 11) is 0. The molecular formula is C16H19N3O2. The number of aromatic nitrogens is 1. The molecule has 0 unspecified atom stereocenters. The predicted molar refractivity (Wildman–Crippen MR) is 82.6 cm³/mol. The molecule has 0 saturated carbocycles. The van der Waals surface area contributed by atoms with E-state index in [0.717, 1.165) is 36.7 Å². The van der Waals surface area contributed by atoms with Crippen molar-refractivity contribution in [1.82, 2.24) is 10.3 Å². The van der Waals surface area contributed by atoms with Crippen LogP contribution >= 0.6 is 0 Å². The van der Waals surface area contributed by atoms with Gasteiger partial charge in [-0.2, -0.15) is 0 Å². The van der Waals surface area contributed by atoms with Gasteiger partial charge in [0.1, 0.15) is 0 Å². The quantitative estimate of drug-likeness (QED) is 0.515. The Morgan fingerprint density at radius 2 is 2.19 bits per heavy atom. The lowest BCUT2D eigenvalue weighted by Crippen LogP contribution is -2.19. The van der Waals surface area contributed by atoms with Gasteiger partial charge in [0, 0.05) is 18.3 Å². The van der Waals surface area contributed by atoms with Crippen LogP contribution in [0.15, 0.2) is 24.4 Å². The highest BCUT2D eigenvalue weighted by atomic mass is 16.4. The normalized spacial score (nSPS) is 10.6. The lowest BCUT2D eigenvalue weighted by atomic mass is 10.1. The predicted octanol–water partition coefficient (Wildman–Crippen LogP) is 3.11. The van der Waals surface area contributed by atoms with E-state index in [1.807, 2.05) is 24.4 Å². The Hall–Kier alpha value is -2.32. The fourth-order valence-electron chi connectivity index (χ4n) is 2.33. The van der Waals surface area contributed by atoms with Crippen molar-refractivity contribution in [3.05, 3.63) is 41.4 Å². The van der Waals surface area contributed by atoms with E-state index in [1.165, 1.54) is 5.56 Å². The third kappa shape index (κ3) is 4.33. The van der Waals surface area contributed by atoms with Gasteiger partial charge in [0.05, 0.1) is 13.0 Å². The number of carbonyl (C=O) groups is 1. The Labute approximate surface area is 123 Å². The summed E-state index contributed by atoms with van der Waals surface area (Å²) in [6, 6.07) is 5.70. The minimum absolute atomic E-state index is 0.169. The molecule has 0 aliphatic carbocycles. The monoisotopic (exact) mass is 285 g/mol. The first-order valence-electron chi connectivity index (χ1n) is 7.10. The van der Waals surface area contributed by atoms with Crippen LogP contribution in [0.5, 0.6) is 0 Å². The molecular weight excluding hydrogens is 266 g/mol. The molecule has 5 heteroatoms. The summed E-state index contributed by atoms with van der Waals surface area (Å²) in [4.78, 5) is 17.0. The highest BCUT2D eigenvalue weighted by Gasteiger charge is 2.04. The molecule has 21 heavy (non-hydrogen) atoms. The van der Waals surface area contributed by atoms with Gasteiger partial charge in [-0.05, 0) is 48.9 Å². The zero-order valence-corrected chi connectivity index (χ0v) is 11.9. The Morgan fingerprint density at radius 1 is 1.33 bits per heavy atom. The summed E-state index contributed by atoms with van der Waals surface area (Å²) in [5.74, 6) is -0.767. The molecule has 0 aliphatic rings. The number of aromatic amines is 1. The van der Waals surface area contributed by atoms with E-state index in [2.05, 4.69) is 15.1 Å². The van der Waals surface area contributed by atoms with Crippen LogP contribution < -0.4 is 5.32 Å². The number of carboxylic acid groups (broad SMARTS) is 1. The SMILES string of the molecule is [C-]#[N+]c1ccc2[nH]cc(CCCCNCCC(=O)O)c2c1. The average Bonchev–Trinajstić information content (AvgIpc) is 2.88. The van der Waals surface area contributed by atoms with Gasteiger partial charge in [0.2, 0.25) is 0 Å². The third-order valence-electron chi connectivity index (χ3n) is 3.45. The van der Waals surface area contributed by atoms with E-state index in [-0.39, 0.29) is 6.42 Å². The van der Waals surface area contributed by atoms with Crippen molar-refractivity contribution in [2.24, 2.45) is 0 Å². The maximum absolute atomic E-state index is 10.4. The summed E-state index contributed by atoms with van der Waals surface area (Å²) in [6.45, 7) is 8.43. The van der Waals surface area contributed by atoms with Gasteiger partial charge < -0.3 is 15.4 Å². The first-order valence-corrected chi connectivity index (χ1v) is 7.10. The van der Waals surface area contributed by atoms with Gasteiger partial charge in [-0.3, -0.25) is 4.79 Å². The molecule has 1 aromatic heterocycles. The van der Waals surface area contributed by atoms with Crippen molar-refractivity contribution in [2.45, 2.75) is 25.7 Å². The topological polar surface area (TPSA) is 69.5 Å². The van der Waals surface area contributed by atoms with E-state index in [4.69, 9.17) is 11.7 Å². The lowest BCUT2D eigenvalue weighted by Gasteiger charge is -2.03. The number of hydrogen-bond acceptors (Lipinski definition) is 2. The number of aliphatic carboxylic acids is 1. The van der Waals surface area contributed by atoms with Crippen molar-refractivity contribution >= 4 is 22.6 Å². The first-order chi connectivity index (χ1) is 10.2. The minimum Gasteiger partial charge on any atom is -0.481 e. The molecule has 1 aromatic carbocycles. The molecule has 0 atom stereocenters. The number of hydrogen-bond donors (Lipinski definition) is 3. The number of nitrogens with one attached hydrogen (secondary N) is 2. The van der Waals surface area contributed by atoms with E-state index in [1.54, 1.807) is 0 Å². The maximum atomic E-state index is 10.4. The number of unbranched alkanes of at least 4 members (excludes halogenated alkanes) is 1. The van der Waals surface area contributed by atoms with Crippen LogP contribution in [0, 0.1) is 6.57 Å². The maximum Gasteiger partial charge on any atom is 0.304 e. The van der Waals surface area contributed by atoms with Crippen LogP contribution in [-0.4, -0.2) is 29.1 Å².